The van der Waals surface area contributed by atoms with Crippen LogP contribution in [-0.2, 0) is 15.6 Å². The van der Waals surface area contributed by atoms with Crippen molar-refractivity contribution >= 4 is 53.6 Å². The van der Waals surface area contributed by atoms with Gasteiger partial charge in [0.15, 0.2) is 11.4 Å². The molecule has 0 bridgehead atoms. The molecular formula is C22H19Br2N3O2S. The van der Waals surface area contributed by atoms with Gasteiger partial charge in [-0.2, -0.15) is 8.42 Å². The summed E-state index contributed by atoms with van der Waals surface area (Å²) in [5.74, 6) is 0.824. The van der Waals surface area contributed by atoms with E-state index in [0.717, 1.165) is 16.7 Å². The molecule has 0 fully saturated rings. The molecule has 0 aromatic heterocycles. The number of halogens is 2. The SMILES string of the molecule is CC1=CN2C(=N/C(=N\S(=O)(=O)c3ccc(C)cc3)C2(c2ccccc2)C(Br)Br)C=C1. The number of amidine groups is 2. The number of allylic oxidation sites excluding steroid dienone is 2. The van der Waals surface area contributed by atoms with E-state index in [9.17, 15) is 8.42 Å². The zero-order valence-electron chi connectivity index (χ0n) is 16.3. The third kappa shape index (κ3) is 3.50. The highest BCUT2D eigenvalue weighted by Gasteiger charge is 2.54. The van der Waals surface area contributed by atoms with Gasteiger partial charge in [0.1, 0.15) is 9.57 Å². The van der Waals surface area contributed by atoms with Crippen LogP contribution in [0.2, 0.25) is 0 Å². The second-order valence-corrected chi connectivity index (χ2v) is 11.8. The van der Waals surface area contributed by atoms with Gasteiger partial charge in [-0.15, -0.1) is 4.40 Å². The molecule has 1 unspecified atom stereocenters. The summed E-state index contributed by atoms with van der Waals surface area (Å²) < 4.78 is 30.2. The van der Waals surface area contributed by atoms with Crippen LogP contribution in [0.4, 0.5) is 0 Å². The summed E-state index contributed by atoms with van der Waals surface area (Å²) in [4.78, 5) is 6.75. The van der Waals surface area contributed by atoms with Gasteiger partial charge in [-0.05, 0) is 43.2 Å². The molecule has 2 aromatic rings. The van der Waals surface area contributed by atoms with Crippen molar-refractivity contribution in [1.29, 1.82) is 0 Å². The van der Waals surface area contributed by atoms with Crippen LogP contribution in [0, 0.1) is 6.92 Å². The van der Waals surface area contributed by atoms with Crippen molar-refractivity contribution in [2.45, 2.75) is 28.0 Å². The van der Waals surface area contributed by atoms with Crippen LogP contribution in [0.15, 0.2) is 92.8 Å². The maximum atomic E-state index is 13.2. The Hall–Kier alpha value is -2.03. The van der Waals surface area contributed by atoms with E-state index in [1.807, 2.05) is 67.4 Å². The molecule has 2 aliphatic heterocycles. The van der Waals surface area contributed by atoms with Crippen LogP contribution in [0.3, 0.4) is 0 Å². The Morgan fingerprint density at radius 3 is 2.30 bits per heavy atom. The number of benzene rings is 2. The van der Waals surface area contributed by atoms with Crippen molar-refractivity contribution in [2.24, 2.45) is 9.39 Å². The lowest BCUT2D eigenvalue weighted by atomic mass is 9.89. The predicted molar refractivity (Wildman–Crippen MR) is 128 cm³/mol. The second-order valence-electron chi connectivity index (χ2n) is 7.18. The van der Waals surface area contributed by atoms with E-state index in [4.69, 9.17) is 0 Å². The Balaban J connectivity index is 1.97. The summed E-state index contributed by atoms with van der Waals surface area (Å²) in [5, 5.41) is 0. The van der Waals surface area contributed by atoms with Gasteiger partial charge in [0.05, 0.1) is 4.90 Å². The minimum Gasteiger partial charge on any atom is -0.313 e. The summed E-state index contributed by atoms with van der Waals surface area (Å²) in [5.41, 5.74) is 1.88. The first-order valence-corrected chi connectivity index (χ1v) is 12.5. The summed E-state index contributed by atoms with van der Waals surface area (Å²) >= 11 is 7.33. The highest BCUT2D eigenvalue weighted by atomic mass is 79.9. The van der Waals surface area contributed by atoms with Crippen molar-refractivity contribution in [3.05, 3.63) is 89.6 Å². The lowest BCUT2D eigenvalue weighted by Gasteiger charge is -2.40. The van der Waals surface area contributed by atoms with Crippen LogP contribution in [-0.4, -0.2) is 28.7 Å². The third-order valence-electron chi connectivity index (χ3n) is 5.07. The topological polar surface area (TPSA) is 62.1 Å². The average Bonchev–Trinajstić information content (AvgIpc) is 3.02. The third-order valence-corrected chi connectivity index (χ3v) is 7.68. The van der Waals surface area contributed by atoms with Crippen molar-refractivity contribution in [3.8, 4) is 0 Å². The van der Waals surface area contributed by atoms with E-state index in [-0.39, 0.29) is 14.5 Å². The highest BCUT2D eigenvalue weighted by Crippen LogP contribution is 2.46. The fraction of sp³-hybridized carbons (Fsp3) is 0.182. The molecule has 0 saturated heterocycles. The van der Waals surface area contributed by atoms with Gasteiger partial charge in [-0.3, -0.25) is 0 Å². The van der Waals surface area contributed by atoms with Crippen LogP contribution in [0.1, 0.15) is 18.1 Å². The molecule has 0 radical (unpaired) electrons. The Bertz CT molecular complexity index is 1200. The number of aryl methyl sites for hydroxylation is 1. The van der Waals surface area contributed by atoms with E-state index in [2.05, 4.69) is 41.3 Å². The van der Waals surface area contributed by atoms with Crippen LogP contribution in [0.25, 0.3) is 0 Å². The number of hydrogen-bond acceptors (Lipinski definition) is 3. The zero-order chi connectivity index (χ0) is 21.5. The van der Waals surface area contributed by atoms with E-state index in [1.54, 1.807) is 24.3 Å². The Labute approximate surface area is 193 Å². The molecule has 2 aromatic carbocycles. The van der Waals surface area contributed by atoms with Crippen LogP contribution < -0.4 is 0 Å². The average molecular weight is 549 g/mol. The number of alkyl halides is 2. The van der Waals surface area contributed by atoms with Gasteiger partial charge >= 0.3 is 0 Å². The number of hydrogen-bond donors (Lipinski definition) is 0. The molecule has 0 saturated carbocycles. The molecule has 8 heteroatoms. The van der Waals surface area contributed by atoms with Gasteiger partial charge in [0, 0.05) is 6.20 Å². The molecule has 0 aliphatic carbocycles. The maximum absolute atomic E-state index is 13.2. The standard InChI is InChI=1S/C22H19Br2N3O2S/c1-15-8-11-18(12-9-15)30(28,29)26-21-22(20(23)24,17-6-4-3-5-7-17)27-14-16(2)10-13-19(27)25-21/h3-14,20H,1-2H3/b26-21-. The van der Waals surface area contributed by atoms with Gasteiger partial charge in [-0.1, -0.05) is 86.0 Å². The number of fused-ring (bicyclic) bond motifs is 1. The molecule has 2 aliphatic rings. The van der Waals surface area contributed by atoms with E-state index in [0.29, 0.717) is 5.84 Å². The Morgan fingerprint density at radius 2 is 1.67 bits per heavy atom. The summed E-state index contributed by atoms with van der Waals surface area (Å²) in [6.07, 6.45) is 5.78. The van der Waals surface area contributed by atoms with Crippen molar-refractivity contribution < 1.29 is 8.42 Å². The van der Waals surface area contributed by atoms with Gasteiger partial charge < -0.3 is 4.90 Å². The molecule has 0 spiro atoms. The molecule has 5 nitrogen and oxygen atoms in total. The fourth-order valence-electron chi connectivity index (χ4n) is 3.53. The quantitative estimate of drug-likeness (QED) is 0.488. The molecule has 4 rings (SSSR count). The molecular weight excluding hydrogens is 530 g/mol. The number of nitrogens with zero attached hydrogens (tertiary/aromatic N) is 3. The van der Waals surface area contributed by atoms with Crippen molar-refractivity contribution in [1.82, 2.24) is 4.90 Å². The van der Waals surface area contributed by atoms with Gasteiger partial charge in [0.25, 0.3) is 10.0 Å². The maximum Gasteiger partial charge on any atom is 0.284 e. The number of aliphatic imine (C=N–C) groups is 1. The van der Waals surface area contributed by atoms with E-state index >= 15 is 0 Å². The van der Waals surface area contributed by atoms with Crippen LogP contribution >= 0.6 is 31.9 Å². The Kier molecular flexibility index (Phi) is 5.59. The van der Waals surface area contributed by atoms with Crippen molar-refractivity contribution in [2.75, 3.05) is 0 Å². The highest BCUT2D eigenvalue weighted by molar-refractivity contribution is 9.24. The van der Waals surface area contributed by atoms with Gasteiger partial charge in [0.2, 0.25) is 0 Å². The minimum absolute atomic E-state index is 0.135. The molecule has 2 heterocycles. The lowest BCUT2D eigenvalue weighted by molar-refractivity contribution is 0.373. The lowest BCUT2D eigenvalue weighted by Crippen LogP contribution is -2.51. The minimum atomic E-state index is -3.96. The molecule has 154 valence electrons. The van der Waals surface area contributed by atoms with Crippen molar-refractivity contribution in [3.63, 3.8) is 0 Å². The van der Waals surface area contributed by atoms with Crippen LogP contribution in [0.5, 0.6) is 0 Å². The zero-order valence-corrected chi connectivity index (χ0v) is 20.3. The number of rotatable bonds is 4. The smallest absolute Gasteiger partial charge is 0.284 e. The molecule has 0 amide bonds. The predicted octanol–water partition coefficient (Wildman–Crippen LogP) is 5.28. The van der Waals surface area contributed by atoms with E-state index in [1.165, 1.54) is 0 Å². The normalized spacial score (nSPS) is 22.3. The monoisotopic (exact) mass is 547 g/mol. The largest absolute Gasteiger partial charge is 0.313 e. The molecule has 30 heavy (non-hydrogen) atoms. The molecule has 0 N–H and O–H groups in total. The number of sulfonamides is 1. The van der Waals surface area contributed by atoms with Gasteiger partial charge in [-0.25, -0.2) is 4.99 Å². The summed E-state index contributed by atoms with van der Waals surface area (Å²) in [6.45, 7) is 3.89. The first-order chi connectivity index (χ1) is 14.2. The van der Waals surface area contributed by atoms with E-state index < -0.39 is 15.6 Å². The Morgan fingerprint density at radius 1 is 1.00 bits per heavy atom. The summed E-state index contributed by atoms with van der Waals surface area (Å²) in [6, 6.07) is 16.3. The second kappa shape index (κ2) is 7.90. The fourth-order valence-corrected chi connectivity index (χ4v) is 5.90. The summed E-state index contributed by atoms with van der Waals surface area (Å²) in [7, 11) is -3.96. The molecule has 1 atom stereocenters. The first kappa shape index (κ1) is 21.2. The first-order valence-electron chi connectivity index (χ1n) is 9.25.